The summed E-state index contributed by atoms with van der Waals surface area (Å²) in [6.07, 6.45) is 0.0500. The fourth-order valence-electron chi connectivity index (χ4n) is 2.14. The van der Waals surface area contributed by atoms with Crippen LogP contribution in [0.5, 0.6) is 0 Å². The lowest BCUT2D eigenvalue weighted by Gasteiger charge is -2.16. The molecule has 1 atom stereocenters. The predicted molar refractivity (Wildman–Crippen MR) is 72.4 cm³/mol. The molecule has 7 nitrogen and oxygen atoms in total. The molecule has 0 aromatic heterocycles. The second-order valence-electron chi connectivity index (χ2n) is 4.67. The standard InChI is InChI=1S/C12H15N3O4S/c1-7-8(4-3-5-10(7)20(13,18)19)14-9-6-11(16)15(2)12(9)17/h3-5,9,14H,6H2,1-2H3,(H2,13,18,19). The van der Waals surface area contributed by atoms with E-state index in [-0.39, 0.29) is 23.1 Å². The van der Waals surface area contributed by atoms with E-state index in [9.17, 15) is 18.0 Å². The molecule has 20 heavy (non-hydrogen) atoms. The molecule has 8 heteroatoms. The molecule has 1 aliphatic rings. The molecule has 0 bridgehead atoms. The maximum atomic E-state index is 11.8. The van der Waals surface area contributed by atoms with Gasteiger partial charge in [-0.25, -0.2) is 13.6 Å². The molecule has 108 valence electrons. The minimum absolute atomic E-state index is 0.00683. The number of nitrogens with one attached hydrogen (secondary N) is 1. The van der Waals surface area contributed by atoms with Gasteiger partial charge in [-0.05, 0) is 24.6 Å². The van der Waals surface area contributed by atoms with Crippen LogP contribution in [0.2, 0.25) is 0 Å². The zero-order valence-electron chi connectivity index (χ0n) is 11.1. The van der Waals surface area contributed by atoms with Gasteiger partial charge in [-0.3, -0.25) is 14.5 Å². The number of sulfonamides is 1. The molecule has 0 spiro atoms. The summed E-state index contributed by atoms with van der Waals surface area (Å²) in [7, 11) is -2.41. The first-order valence-electron chi connectivity index (χ1n) is 5.91. The van der Waals surface area contributed by atoms with Crippen LogP contribution in [0.4, 0.5) is 5.69 Å². The SMILES string of the molecule is Cc1c(NC2CC(=O)N(C)C2=O)cccc1S(N)(=O)=O. The van der Waals surface area contributed by atoms with E-state index in [1.807, 2.05) is 0 Å². The van der Waals surface area contributed by atoms with E-state index in [0.29, 0.717) is 11.3 Å². The van der Waals surface area contributed by atoms with Crippen LogP contribution < -0.4 is 10.5 Å². The van der Waals surface area contributed by atoms with E-state index in [0.717, 1.165) is 4.90 Å². The van der Waals surface area contributed by atoms with Crippen LogP contribution in [0.3, 0.4) is 0 Å². The summed E-state index contributed by atoms with van der Waals surface area (Å²) in [5.74, 6) is -0.608. The van der Waals surface area contributed by atoms with Crippen LogP contribution in [0, 0.1) is 6.92 Å². The van der Waals surface area contributed by atoms with Gasteiger partial charge in [0.15, 0.2) is 0 Å². The summed E-state index contributed by atoms with van der Waals surface area (Å²) < 4.78 is 22.9. The zero-order chi connectivity index (χ0) is 15.1. The predicted octanol–water partition coefficient (Wildman–Crippen LogP) is -0.188. The van der Waals surface area contributed by atoms with E-state index in [1.54, 1.807) is 13.0 Å². The average Bonchev–Trinajstić information content (AvgIpc) is 2.58. The summed E-state index contributed by atoms with van der Waals surface area (Å²) in [6, 6.07) is 3.88. The van der Waals surface area contributed by atoms with Gasteiger partial charge in [-0.15, -0.1) is 0 Å². The first-order valence-corrected chi connectivity index (χ1v) is 7.46. The molecule has 1 saturated heterocycles. The number of anilines is 1. The van der Waals surface area contributed by atoms with Crippen molar-refractivity contribution < 1.29 is 18.0 Å². The smallest absolute Gasteiger partial charge is 0.251 e. The fourth-order valence-corrected chi connectivity index (χ4v) is 2.94. The molecule has 2 amide bonds. The molecule has 0 radical (unpaired) electrons. The Bertz CT molecular complexity index is 684. The highest BCUT2D eigenvalue weighted by molar-refractivity contribution is 7.89. The largest absolute Gasteiger partial charge is 0.373 e. The minimum atomic E-state index is -3.83. The Morgan fingerprint density at radius 2 is 2.00 bits per heavy atom. The van der Waals surface area contributed by atoms with Gasteiger partial charge in [-0.2, -0.15) is 0 Å². The Morgan fingerprint density at radius 3 is 2.50 bits per heavy atom. The highest BCUT2D eigenvalue weighted by atomic mass is 32.2. The van der Waals surface area contributed by atoms with E-state index in [4.69, 9.17) is 5.14 Å². The van der Waals surface area contributed by atoms with Crippen molar-refractivity contribution in [1.29, 1.82) is 0 Å². The van der Waals surface area contributed by atoms with Crippen LogP contribution in [0.1, 0.15) is 12.0 Å². The molecule has 2 rings (SSSR count). The first-order chi connectivity index (χ1) is 9.21. The number of primary sulfonamides is 1. The number of imide groups is 1. The molecular weight excluding hydrogens is 282 g/mol. The lowest BCUT2D eigenvalue weighted by Crippen LogP contribution is -2.32. The first kappa shape index (κ1) is 14.5. The third-order valence-corrected chi connectivity index (χ3v) is 4.36. The van der Waals surface area contributed by atoms with Crippen molar-refractivity contribution >= 4 is 27.5 Å². The molecule has 1 heterocycles. The summed E-state index contributed by atoms with van der Waals surface area (Å²) in [4.78, 5) is 24.3. The van der Waals surface area contributed by atoms with Gasteiger partial charge in [0, 0.05) is 12.7 Å². The number of amides is 2. The summed E-state index contributed by atoms with van der Waals surface area (Å²) in [5, 5.41) is 8.02. The quantitative estimate of drug-likeness (QED) is 0.752. The third-order valence-electron chi connectivity index (χ3n) is 3.30. The van der Waals surface area contributed by atoms with Crippen LogP contribution in [0.25, 0.3) is 0 Å². The lowest BCUT2D eigenvalue weighted by atomic mass is 10.1. The number of nitrogens with zero attached hydrogens (tertiary/aromatic N) is 1. The molecule has 1 unspecified atom stereocenters. The van der Waals surface area contributed by atoms with Crippen molar-refractivity contribution in [2.24, 2.45) is 5.14 Å². The number of benzene rings is 1. The van der Waals surface area contributed by atoms with Crippen molar-refractivity contribution in [1.82, 2.24) is 4.90 Å². The van der Waals surface area contributed by atoms with Crippen molar-refractivity contribution in [2.45, 2.75) is 24.3 Å². The van der Waals surface area contributed by atoms with Gasteiger partial charge in [0.05, 0.1) is 11.3 Å². The topological polar surface area (TPSA) is 110 Å². The molecular formula is C12H15N3O4S. The molecule has 1 fully saturated rings. The Labute approximate surface area is 116 Å². The molecule has 1 aliphatic heterocycles. The average molecular weight is 297 g/mol. The number of carbonyl (C=O) groups excluding carboxylic acids is 2. The van der Waals surface area contributed by atoms with E-state index >= 15 is 0 Å². The molecule has 3 N–H and O–H groups in total. The minimum Gasteiger partial charge on any atom is -0.373 e. The maximum Gasteiger partial charge on any atom is 0.251 e. The van der Waals surface area contributed by atoms with Gasteiger partial charge >= 0.3 is 0 Å². The summed E-state index contributed by atoms with van der Waals surface area (Å²) in [5.41, 5.74) is 0.891. The van der Waals surface area contributed by atoms with Crippen molar-refractivity contribution in [3.8, 4) is 0 Å². The van der Waals surface area contributed by atoms with Crippen molar-refractivity contribution in [3.05, 3.63) is 23.8 Å². The van der Waals surface area contributed by atoms with Gasteiger partial charge in [0.1, 0.15) is 6.04 Å². The number of hydrogen-bond donors (Lipinski definition) is 2. The Kier molecular flexibility index (Phi) is 3.53. The Balaban J connectivity index is 2.32. The van der Waals surface area contributed by atoms with Crippen LogP contribution in [-0.2, 0) is 19.6 Å². The summed E-state index contributed by atoms with van der Waals surface area (Å²) in [6.45, 7) is 1.59. The second kappa shape index (κ2) is 4.88. The fraction of sp³-hybridized carbons (Fsp3) is 0.333. The number of carbonyl (C=O) groups is 2. The van der Waals surface area contributed by atoms with Crippen LogP contribution in [0.15, 0.2) is 23.1 Å². The monoisotopic (exact) mass is 297 g/mol. The normalized spacial score (nSPS) is 19.6. The van der Waals surface area contributed by atoms with E-state index in [2.05, 4.69) is 5.32 Å². The van der Waals surface area contributed by atoms with Crippen LogP contribution >= 0.6 is 0 Å². The second-order valence-corrected chi connectivity index (χ2v) is 6.20. The summed E-state index contributed by atoms with van der Waals surface area (Å²) >= 11 is 0. The van der Waals surface area contributed by atoms with Crippen molar-refractivity contribution in [3.63, 3.8) is 0 Å². The third kappa shape index (κ3) is 2.52. The van der Waals surface area contributed by atoms with E-state index in [1.165, 1.54) is 19.2 Å². The highest BCUT2D eigenvalue weighted by Gasteiger charge is 2.36. The molecule has 0 saturated carbocycles. The van der Waals surface area contributed by atoms with Gasteiger partial charge in [-0.1, -0.05) is 6.07 Å². The highest BCUT2D eigenvalue weighted by Crippen LogP contribution is 2.24. The number of rotatable bonds is 3. The molecule has 1 aromatic carbocycles. The van der Waals surface area contributed by atoms with E-state index < -0.39 is 16.1 Å². The zero-order valence-corrected chi connectivity index (χ0v) is 11.9. The molecule has 1 aromatic rings. The number of hydrogen-bond acceptors (Lipinski definition) is 5. The van der Waals surface area contributed by atoms with Gasteiger partial charge < -0.3 is 5.32 Å². The maximum absolute atomic E-state index is 11.8. The lowest BCUT2D eigenvalue weighted by molar-refractivity contribution is -0.136. The van der Waals surface area contributed by atoms with Gasteiger partial charge in [0.2, 0.25) is 15.9 Å². The molecule has 0 aliphatic carbocycles. The number of likely N-dealkylation sites (tertiary alicyclic amines) is 1. The van der Waals surface area contributed by atoms with Gasteiger partial charge in [0.25, 0.3) is 5.91 Å². The van der Waals surface area contributed by atoms with Crippen molar-refractivity contribution in [2.75, 3.05) is 12.4 Å². The number of likely N-dealkylation sites (N-methyl/N-ethyl adjacent to an activating group) is 1. The Morgan fingerprint density at radius 1 is 1.35 bits per heavy atom. The van der Waals surface area contributed by atoms with Crippen LogP contribution in [-0.4, -0.2) is 38.2 Å². The number of nitrogens with two attached hydrogens (primary N) is 1. The Hall–Kier alpha value is -1.93.